The van der Waals surface area contributed by atoms with Crippen LogP contribution in [0.4, 0.5) is 0 Å². The first-order valence-corrected chi connectivity index (χ1v) is 9.47. The highest BCUT2D eigenvalue weighted by Gasteiger charge is 2.26. The summed E-state index contributed by atoms with van der Waals surface area (Å²) in [5.74, 6) is 0.289. The monoisotopic (exact) mass is 356 g/mol. The molecule has 3 aromatic rings. The first-order valence-electron chi connectivity index (χ1n) is 7.99. The normalized spacial score (nSPS) is 12.9. The minimum absolute atomic E-state index is 0.111. The van der Waals surface area contributed by atoms with Gasteiger partial charge >= 0.3 is 0 Å². The van der Waals surface area contributed by atoms with E-state index in [0.717, 1.165) is 16.7 Å². The average molecular weight is 356 g/mol. The van der Waals surface area contributed by atoms with Gasteiger partial charge in [0, 0.05) is 6.04 Å². The summed E-state index contributed by atoms with van der Waals surface area (Å²) in [6.45, 7) is 5.02. The van der Waals surface area contributed by atoms with Crippen LogP contribution in [0.25, 0.3) is 11.1 Å². The summed E-state index contributed by atoms with van der Waals surface area (Å²) in [5, 5.41) is 3.71. The first kappa shape index (κ1) is 17.4. The molecule has 130 valence electrons. The van der Waals surface area contributed by atoms with E-state index in [9.17, 15) is 8.42 Å². The molecule has 0 bridgehead atoms. The molecule has 0 aliphatic heterocycles. The number of hydrogen-bond donors (Lipinski definition) is 1. The zero-order chi connectivity index (χ0) is 18.0. The van der Waals surface area contributed by atoms with Crippen molar-refractivity contribution in [1.29, 1.82) is 0 Å². The Morgan fingerprint density at radius 3 is 2.12 bits per heavy atom. The fourth-order valence-electron chi connectivity index (χ4n) is 2.81. The molecular formula is C19H20N2O3S. The van der Waals surface area contributed by atoms with Gasteiger partial charge in [0.1, 0.15) is 10.6 Å². The van der Waals surface area contributed by atoms with Gasteiger partial charge in [0.05, 0.1) is 0 Å². The molecule has 5 nitrogen and oxygen atoms in total. The van der Waals surface area contributed by atoms with Crippen molar-refractivity contribution in [2.75, 3.05) is 0 Å². The van der Waals surface area contributed by atoms with Gasteiger partial charge < -0.3 is 4.52 Å². The van der Waals surface area contributed by atoms with Gasteiger partial charge in [-0.15, -0.1) is 0 Å². The standard InChI is InChI=1S/C19H20N2O3S/c1-13(21-25(22,23)19-14(2)20-24-15(19)3)16-9-11-18(12-10-16)17-7-5-4-6-8-17/h4-13,21H,1-3H3/t13-/m1/s1. The molecule has 0 aliphatic rings. The van der Waals surface area contributed by atoms with Crippen LogP contribution in [0.5, 0.6) is 0 Å². The molecule has 0 saturated heterocycles. The Labute approximate surface area is 147 Å². The molecule has 0 unspecified atom stereocenters. The van der Waals surface area contributed by atoms with Crippen molar-refractivity contribution in [3.8, 4) is 11.1 Å². The van der Waals surface area contributed by atoms with Crippen molar-refractivity contribution < 1.29 is 12.9 Å². The minimum Gasteiger partial charge on any atom is -0.360 e. The lowest BCUT2D eigenvalue weighted by Crippen LogP contribution is -2.27. The van der Waals surface area contributed by atoms with E-state index in [0.29, 0.717) is 5.69 Å². The molecule has 3 rings (SSSR count). The van der Waals surface area contributed by atoms with E-state index in [4.69, 9.17) is 4.52 Å². The average Bonchev–Trinajstić information content (AvgIpc) is 2.95. The number of nitrogens with one attached hydrogen (secondary N) is 1. The summed E-state index contributed by atoms with van der Waals surface area (Å²) in [6.07, 6.45) is 0. The number of rotatable bonds is 5. The van der Waals surface area contributed by atoms with E-state index in [-0.39, 0.29) is 16.7 Å². The van der Waals surface area contributed by atoms with E-state index in [1.54, 1.807) is 13.8 Å². The maximum absolute atomic E-state index is 12.6. The van der Waals surface area contributed by atoms with Crippen LogP contribution in [0.3, 0.4) is 0 Å². The molecule has 1 atom stereocenters. The van der Waals surface area contributed by atoms with Crippen LogP contribution in [0.15, 0.2) is 64.0 Å². The van der Waals surface area contributed by atoms with Crippen molar-refractivity contribution in [2.24, 2.45) is 0 Å². The van der Waals surface area contributed by atoms with E-state index >= 15 is 0 Å². The zero-order valence-electron chi connectivity index (χ0n) is 14.4. The summed E-state index contributed by atoms with van der Waals surface area (Å²) in [6, 6.07) is 17.5. The number of hydrogen-bond acceptors (Lipinski definition) is 4. The Bertz CT molecular complexity index is 942. The molecule has 1 N–H and O–H groups in total. The van der Waals surface area contributed by atoms with Crippen LogP contribution in [0.1, 0.15) is 30.0 Å². The third kappa shape index (κ3) is 3.65. The third-order valence-electron chi connectivity index (χ3n) is 4.09. The highest BCUT2D eigenvalue weighted by atomic mass is 32.2. The number of benzene rings is 2. The molecule has 25 heavy (non-hydrogen) atoms. The largest absolute Gasteiger partial charge is 0.360 e. The van der Waals surface area contributed by atoms with Gasteiger partial charge in [0.2, 0.25) is 10.0 Å². The number of aromatic nitrogens is 1. The maximum atomic E-state index is 12.6. The Morgan fingerprint density at radius 1 is 0.960 bits per heavy atom. The van der Waals surface area contributed by atoms with E-state index in [1.165, 1.54) is 0 Å². The predicted molar refractivity (Wildman–Crippen MR) is 96.6 cm³/mol. The van der Waals surface area contributed by atoms with Crippen molar-refractivity contribution in [3.63, 3.8) is 0 Å². The lowest BCUT2D eigenvalue weighted by atomic mass is 10.0. The molecule has 0 spiro atoms. The summed E-state index contributed by atoms with van der Waals surface area (Å²) in [7, 11) is -3.69. The molecule has 6 heteroatoms. The van der Waals surface area contributed by atoms with Crippen LogP contribution >= 0.6 is 0 Å². The van der Waals surface area contributed by atoms with E-state index < -0.39 is 10.0 Å². The summed E-state index contributed by atoms with van der Waals surface area (Å²) in [4.78, 5) is 0.111. The molecule has 0 radical (unpaired) electrons. The van der Waals surface area contributed by atoms with Gasteiger partial charge in [0.25, 0.3) is 0 Å². The summed E-state index contributed by atoms with van der Waals surface area (Å²) < 4.78 is 32.8. The Morgan fingerprint density at radius 2 is 1.56 bits per heavy atom. The Balaban J connectivity index is 1.81. The number of aryl methyl sites for hydroxylation is 2. The second kappa shape index (κ2) is 6.82. The van der Waals surface area contributed by atoms with Gasteiger partial charge in [0.15, 0.2) is 5.76 Å². The van der Waals surface area contributed by atoms with Crippen LogP contribution < -0.4 is 4.72 Å². The van der Waals surface area contributed by atoms with Crippen molar-refractivity contribution in [3.05, 3.63) is 71.6 Å². The molecular weight excluding hydrogens is 336 g/mol. The molecule has 1 heterocycles. The molecule has 0 fully saturated rings. The van der Waals surface area contributed by atoms with Crippen LogP contribution in [0, 0.1) is 13.8 Å². The van der Waals surface area contributed by atoms with Crippen LogP contribution in [-0.2, 0) is 10.0 Å². The Kier molecular flexibility index (Phi) is 4.74. The molecule has 1 aromatic heterocycles. The third-order valence-corrected chi connectivity index (χ3v) is 5.87. The lowest BCUT2D eigenvalue weighted by Gasteiger charge is -2.15. The van der Waals surface area contributed by atoms with Gasteiger partial charge in [-0.3, -0.25) is 0 Å². The summed E-state index contributed by atoms with van der Waals surface area (Å²) in [5.41, 5.74) is 3.45. The van der Waals surface area contributed by atoms with Crippen molar-refractivity contribution in [1.82, 2.24) is 9.88 Å². The van der Waals surface area contributed by atoms with Crippen LogP contribution in [0.2, 0.25) is 0 Å². The molecule has 0 aliphatic carbocycles. The minimum atomic E-state index is -3.69. The molecule has 2 aromatic carbocycles. The first-order chi connectivity index (χ1) is 11.9. The smallest absolute Gasteiger partial charge is 0.246 e. The molecule has 0 saturated carbocycles. The highest BCUT2D eigenvalue weighted by Crippen LogP contribution is 2.24. The number of sulfonamides is 1. The fourth-order valence-corrected chi connectivity index (χ4v) is 4.37. The second-order valence-corrected chi connectivity index (χ2v) is 7.64. The SMILES string of the molecule is Cc1noc(C)c1S(=O)(=O)N[C@H](C)c1ccc(-c2ccccc2)cc1. The lowest BCUT2D eigenvalue weighted by molar-refractivity contribution is 0.390. The maximum Gasteiger partial charge on any atom is 0.246 e. The van der Waals surface area contributed by atoms with Crippen molar-refractivity contribution in [2.45, 2.75) is 31.7 Å². The molecule has 0 amide bonds. The number of nitrogens with zero attached hydrogens (tertiary/aromatic N) is 1. The van der Waals surface area contributed by atoms with Crippen molar-refractivity contribution >= 4 is 10.0 Å². The van der Waals surface area contributed by atoms with Gasteiger partial charge in [-0.1, -0.05) is 59.8 Å². The van der Waals surface area contributed by atoms with E-state index in [2.05, 4.69) is 9.88 Å². The Hall–Kier alpha value is -2.44. The predicted octanol–water partition coefficient (Wildman–Crippen LogP) is 4.00. The second-order valence-electron chi connectivity index (χ2n) is 5.98. The van der Waals surface area contributed by atoms with Gasteiger partial charge in [-0.2, -0.15) is 0 Å². The quantitative estimate of drug-likeness (QED) is 0.750. The fraction of sp³-hybridized carbons (Fsp3) is 0.211. The highest BCUT2D eigenvalue weighted by molar-refractivity contribution is 7.89. The van der Waals surface area contributed by atoms with Crippen LogP contribution in [-0.4, -0.2) is 13.6 Å². The zero-order valence-corrected chi connectivity index (χ0v) is 15.2. The topological polar surface area (TPSA) is 72.2 Å². The van der Waals surface area contributed by atoms with Gasteiger partial charge in [-0.05, 0) is 37.5 Å². The summed E-state index contributed by atoms with van der Waals surface area (Å²) >= 11 is 0. The van der Waals surface area contributed by atoms with Gasteiger partial charge in [-0.25, -0.2) is 13.1 Å². The van der Waals surface area contributed by atoms with E-state index in [1.807, 2.05) is 61.5 Å².